The van der Waals surface area contributed by atoms with Gasteiger partial charge in [-0.15, -0.1) is 0 Å². The number of ether oxygens (including phenoxy) is 2. The highest BCUT2D eigenvalue weighted by molar-refractivity contribution is 9.10. The molecule has 0 bridgehead atoms. The summed E-state index contributed by atoms with van der Waals surface area (Å²) in [5.41, 5.74) is 1.21. The van der Waals surface area contributed by atoms with Crippen LogP contribution in [0.4, 0.5) is 0 Å². The van der Waals surface area contributed by atoms with Crippen LogP contribution in [0.5, 0.6) is 11.5 Å². The van der Waals surface area contributed by atoms with Gasteiger partial charge in [0, 0.05) is 4.47 Å². The number of rotatable bonds is 6. The minimum absolute atomic E-state index is 0.428. The minimum atomic E-state index is 0.428. The van der Waals surface area contributed by atoms with Gasteiger partial charge in [0.1, 0.15) is 24.7 Å². The van der Waals surface area contributed by atoms with E-state index in [9.17, 15) is 0 Å². The molecule has 2 aromatic carbocycles. The summed E-state index contributed by atoms with van der Waals surface area (Å²) in [5.74, 6) is 2.23. The number of hydrogen-bond donors (Lipinski definition) is 0. The van der Waals surface area contributed by atoms with E-state index >= 15 is 0 Å². The Balaban J connectivity index is 1.88. The topological polar surface area (TPSA) is 18.5 Å². The van der Waals surface area contributed by atoms with Gasteiger partial charge in [0.15, 0.2) is 0 Å². The number of halogens is 1. The lowest BCUT2D eigenvalue weighted by atomic mass is 10.0. The van der Waals surface area contributed by atoms with E-state index in [0.29, 0.717) is 19.1 Å². The molecule has 0 radical (unpaired) electrons. The first kappa shape index (κ1) is 14.9. The molecule has 0 aliphatic heterocycles. The molecule has 0 fully saturated rings. The van der Waals surface area contributed by atoms with E-state index in [1.165, 1.54) is 5.56 Å². The van der Waals surface area contributed by atoms with Crippen LogP contribution in [0.15, 0.2) is 53.0 Å². The Morgan fingerprint density at radius 2 is 1.65 bits per heavy atom. The van der Waals surface area contributed by atoms with Gasteiger partial charge in [-0.1, -0.05) is 48.0 Å². The second kappa shape index (κ2) is 7.34. The predicted molar refractivity (Wildman–Crippen MR) is 85.7 cm³/mol. The highest BCUT2D eigenvalue weighted by Gasteiger charge is 2.08. The highest BCUT2D eigenvalue weighted by atomic mass is 79.9. The summed E-state index contributed by atoms with van der Waals surface area (Å²) < 4.78 is 12.5. The van der Waals surface area contributed by atoms with Crippen molar-refractivity contribution in [2.75, 3.05) is 13.2 Å². The Kier molecular flexibility index (Phi) is 5.48. The summed E-state index contributed by atoms with van der Waals surface area (Å²) >= 11 is 3.50. The largest absolute Gasteiger partial charge is 0.490 e. The smallest absolute Gasteiger partial charge is 0.123 e. The quantitative estimate of drug-likeness (QED) is 0.689. The van der Waals surface area contributed by atoms with Gasteiger partial charge >= 0.3 is 0 Å². The van der Waals surface area contributed by atoms with E-state index in [-0.39, 0.29) is 0 Å². The van der Waals surface area contributed by atoms with Crippen LogP contribution in [-0.2, 0) is 0 Å². The maximum Gasteiger partial charge on any atom is 0.123 e. The van der Waals surface area contributed by atoms with Gasteiger partial charge in [-0.05, 0) is 41.8 Å². The first-order valence-electron chi connectivity index (χ1n) is 6.77. The molecule has 20 heavy (non-hydrogen) atoms. The Bertz CT molecular complexity index is 538. The van der Waals surface area contributed by atoms with Crippen LogP contribution in [0, 0.1) is 0 Å². The van der Waals surface area contributed by atoms with E-state index in [1.54, 1.807) is 0 Å². The molecule has 0 N–H and O–H groups in total. The van der Waals surface area contributed by atoms with Crippen molar-refractivity contribution < 1.29 is 9.47 Å². The molecular formula is C17H19BrO2. The third-order valence-corrected chi connectivity index (χ3v) is 3.44. The summed E-state index contributed by atoms with van der Waals surface area (Å²) in [7, 11) is 0. The van der Waals surface area contributed by atoms with Crippen molar-refractivity contribution in [1.29, 1.82) is 0 Å². The van der Waals surface area contributed by atoms with Crippen molar-refractivity contribution in [3.63, 3.8) is 0 Å². The van der Waals surface area contributed by atoms with Gasteiger partial charge in [0.2, 0.25) is 0 Å². The minimum Gasteiger partial charge on any atom is -0.490 e. The molecule has 0 heterocycles. The fourth-order valence-electron chi connectivity index (χ4n) is 1.93. The lowest BCUT2D eigenvalue weighted by molar-refractivity contribution is 0.215. The van der Waals surface area contributed by atoms with Gasteiger partial charge in [-0.3, -0.25) is 0 Å². The van der Waals surface area contributed by atoms with Crippen LogP contribution in [0.25, 0.3) is 0 Å². The number of hydrogen-bond acceptors (Lipinski definition) is 2. The standard InChI is InChI=1S/C17H19BrO2/c1-13(2)16-12-14(18)8-9-17(16)20-11-10-19-15-6-4-3-5-7-15/h3-9,12-13H,10-11H2,1-2H3. The fourth-order valence-corrected chi connectivity index (χ4v) is 2.31. The maximum absolute atomic E-state index is 5.83. The zero-order chi connectivity index (χ0) is 14.4. The zero-order valence-corrected chi connectivity index (χ0v) is 13.4. The Labute approximate surface area is 128 Å². The van der Waals surface area contributed by atoms with Crippen LogP contribution in [0.3, 0.4) is 0 Å². The van der Waals surface area contributed by atoms with Crippen molar-refractivity contribution in [1.82, 2.24) is 0 Å². The van der Waals surface area contributed by atoms with Gasteiger partial charge in [-0.25, -0.2) is 0 Å². The molecule has 2 nitrogen and oxygen atoms in total. The molecule has 0 unspecified atom stereocenters. The maximum atomic E-state index is 5.83. The molecule has 0 spiro atoms. The average Bonchev–Trinajstić information content (AvgIpc) is 2.45. The van der Waals surface area contributed by atoms with Gasteiger partial charge in [-0.2, -0.15) is 0 Å². The van der Waals surface area contributed by atoms with Crippen molar-refractivity contribution >= 4 is 15.9 Å². The molecule has 0 aliphatic rings. The summed E-state index contributed by atoms with van der Waals surface area (Å²) in [6, 6.07) is 15.9. The molecule has 0 aliphatic carbocycles. The monoisotopic (exact) mass is 334 g/mol. The SMILES string of the molecule is CC(C)c1cc(Br)ccc1OCCOc1ccccc1. The highest BCUT2D eigenvalue weighted by Crippen LogP contribution is 2.29. The zero-order valence-electron chi connectivity index (χ0n) is 11.8. The summed E-state index contributed by atoms with van der Waals surface area (Å²) in [5, 5.41) is 0. The van der Waals surface area contributed by atoms with Gasteiger partial charge < -0.3 is 9.47 Å². The van der Waals surface area contributed by atoms with Gasteiger partial charge in [0.25, 0.3) is 0 Å². The molecule has 0 amide bonds. The lowest BCUT2D eigenvalue weighted by Gasteiger charge is -2.14. The molecule has 0 aromatic heterocycles. The van der Waals surface area contributed by atoms with E-state index in [0.717, 1.165) is 16.0 Å². The molecular weight excluding hydrogens is 316 g/mol. The third kappa shape index (κ3) is 4.27. The van der Waals surface area contributed by atoms with Gasteiger partial charge in [0.05, 0.1) is 0 Å². The van der Waals surface area contributed by atoms with Crippen molar-refractivity contribution in [3.05, 3.63) is 58.6 Å². The number of para-hydroxylation sites is 1. The molecule has 3 heteroatoms. The predicted octanol–water partition coefficient (Wildman–Crippen LogP) is 5.03. The Morgan fingerprint density at radius 1 is 0.950 bits per heavy atom. The number of benzene rings is 2. The van der Waals surface area contributed by atoms with E-state index in [1.807, 2.05) is 42.5 Å². The lowest BCUT2D eigenvalue weighted by Crippen LogP contribution is -2.10. The first-order chi connectivity index (χ1) is 9.66. The molecule has 0 saturated heterocycles. The summed E-state index contributed by atoms with van der Waals surface area (Å²) in [6.07, 6.45) is 0. The molecule has 106 valence electrons. The fraction of sp³-hybridized carbons (Fsp3) is 0.294. The van der Waals surface area contributed by atoms with E-state index in [4.69, 9.17) is 9.47 Å². The first-order valence-corrected chi connectivity index (χ1v) is 7.56. The average molecular weight is 335 g/mol. The van der Waals surface area contributed by atoms with Crippen LogP contribution >= 0.6 is 15.9 Å². The van der Waals surface area contributed by atoms with Crippen LogP contribution in [0.1, 0.15) is 25.3 Å². The molecule has 2 aromatic rings. The van der Waals surface area contributed by atoms with E-state index in [2.05, 4.69) is 35.8 Å². The summed E-state index contributed by atoms with van der Waals surface area (Å²) in [4.78, 5) is 0. The molecule has 2 rings (SSSR count). The van der Waals surface area contributed by atoms with Crippen molar-refractivity contribution in [3.8, 4) is 11.5 Å². The normalized spacial score (nSPS) is 10.6. The molecule has 0 saturated carbocycles. The van der Waals surface area contributed by atoms with E-state index < -0.39 is 0 Å². The second-order valence-electron chi connectivity index (χ2n) is 4.85. The third-order valence-electron chi connectivity index (χ3n) is 2.95. The Hall–Kier alpha value is -1.48. The second-order valence-corrected chi connectivity index (χ2v) is 5.76. The molecule has 0 atom stereocenters. The van der Waals surface area contributed by atoms with Crippen molar-refractivity contribution in [2.45, 2.75) is 19.8 Å². The van der Waals surface area contributed by atoms with Crippen LogP contribution in [-0.4, -0.2) is 13.2 Å². The van der Waals surface area contributed by atoms with Crippen LogP contribution < -0.4 is 9.47 Å². The Morgan fingerprint density at radius 3 is 2.35 bits per heavy atom. The van der Waals surface area contributed by atoms with Crippen LogP contribution in [0.2, 0.25) is 0 Å². The summed E-state index contributed by atoms with van der Waals surface area (Å²) in [6.45, 7) is 5.40. The van der Waals surface area contributed by atoms with Crippen molar-refractivity contribution in [2.24, 2.45) is 0 Å².